The number of aliphatic carboxylic acids is 1. The zero-order valence-corrected chi connectivity index (χ0v) is 17.2. The summed E-state index contributed by atoms with van der Waals surface area (Å²) in [5, 5.41) is 19.4. The summed E-state index contributed by atoms with van der Waals surface area (Å²) >= 11 is 0. The van der Waals surface area contributed by atoms with Gasteiger partial charge in [0.2, 0.25) is 5.91 Å². The number of likely N-dealkylation sites (N-methyl/N-ethyl adjacent to an activating group) is 1. The lowest BCUT2D eigenvalue weighted by molar-refractivity contribution is -0.155. The number of aliphatic hydroxyl groups excluding tert-OH is 1. The zero-order chi connectivity index (χ0) is 21.2. The number of rotatable bonds is 5. The number of carboxylic acids is 1. The number of amides is 2. The minimum Gasteiger partial charge on any atom is -0.480 e. The molecular weight excluding hydrogens is 356 g/mol. The van der Waals surface area contributed by atoms with Crippen LogP contribution in [0.5, 0.6) is 0 Å². The Balaban J connectivity index is 2.94. The average Bonchev–Trinajstić information content (AvgIpc) is 2.85. The SMILES string of the molecule is CN(C(=O)C1C[C@@H](O)CN1C(=O)OC(C)(C)C)[C@H](COC(C)(C)C)C(=O)O. The molecule has 27 heavy (non-hydrogen) atoms. The van der Waals surface area contributed by atoms with Crippen LogP contribution in [0.4, 0.5) is 4.79 Å². The Bertz CT molecular complexity index is 565. The van der Waals surface area contributed by atoms with Gasteiger partial charge in [0, 0.05) is 13.5 Å². The Morgan fingerprint density at radius 2 is 1.70 bits per heavy atom. The van der Waals surface area contributed by atoms with Crippen molar-refractivity contribution in [1.29, 1.82) is 0 Å². The molecule has 2 amide bonds. The summed E-state index contributed by atoms with van der Waals surface area (Å²) in [5.41, 5.74) is -1.32. The summed E-state index contributed by atoms with van der Waals surface area (Å²) in [6.45, 7) is 10.2. The molecule has 1 fully saturated rings. The third-order valence-corrected chi connectivity index (χ3v) is 3.97. The molecule has 3 atom stereocenters. The molecule has 9 nitrogen and oxygen atoms in total. The molecule has 0 aromatic rings. The Kier molecular flexibility index (Phi) is 7.24. The second kappa shape index (κ2) is 8.43. The van der Waals surface area contributed by atoms with Crippen LogP contribution in [0, 0.1) is 0 Å². The molecule has 1 saturated heterocycles. The molecule has 1 aliphatic rings. The van der Waals surface area contributed by atoms with E-state index in [1.165, 1.54) is 7.05 Å². The molecule has 1 heterocycles. The number of nitrogens with zero attached hydrogens (tertiary/aromatic N) is 2. The normalized spacial score (nSPS) is 21.7. The largest absolute Gasteiger partial charge is 0.480 e. The number of carbonyl (C=O) groups excluding carboxylic acids is 2. The van der Waals surface area contributed by atoms with Crippen LogP contribution in [0.1, 0.15) is 48.0 Å². The van der Waals surface area contributed by atoms with Crippen molar-refractivity contribution >= 4 is 18.0 Å². The van der Waals surface area contributed by atoms with Crippen molar-refractivity contribution in [3.8, 4) is 0 Å². The van der Waals surface area contributed by atoms with Crippen LogP contribution >= 0.6 is 0 Å². The number of aliphatic hydroxyl groups is 1. The van der Waals surface area contributed by atoms with Crippen LogP contribution in [0.15, 0.2) is 0 Å². The number of β-amino-alcohol motifs (C(OH)–C–C–N with tert-alkyl or cyclic N) is 1. The van der Waals surface area contributed by atoms with E-state index in [4.69, 9.17) is 9.47 Å². The van der Waals surface area contributed by atoms with E-state index < -0.39 is 47.4 Å². The van der Waals surface area contributed by atoms with E-state index in [-0.39, 0.29) is 19.6 Å². The topological polar surface area (TPSA) is 117 Å². The van der Waals surface area contributed by atoms with E-state index in [1.807, 2.05) is 0 Å². The van der Waals surface area contributed by atoms with Crippen LogP contribution in [-0.2, 0) is 19.1 Å². The summed E-state index contributed by atoms with van der Waals surface area (Å²) in [4.78, 5) is 39.1. The van der Waals surface area contributed by atoms with Gasteiger partial charge in [-0.1, -0.05) is 0 Å². The van der Waals surface area contributed by atoms with Gasteiger partial charge in [-0.15, -0.1) is 0 Å². The van der Waals surface area contributed by atoms with Crippen molar-refractivity contribution in [2.24, 2.45) is 0 Å². The average molecular weight is 388 g/mol. The minimum atomic E-state index is -1.21. The first-order valence-electron chi connectivity index (χ1n) is 8.93. The molecule has 0 bridgehead atoms. The number of carbonyl (C=O) groups is 3. The Morgan fingerprint density at radius 1 is 1.15 bits per heavy atom. The first-order valence-corrected chi connectivity index (χ1v) is 8.93. The smallest absolute Gasteiger partial charge is 0.411 e. The lowest BCUT2D eigenvalue weighted by atomic mass is 10.1. The minimum absolute atomic E-state index is 0.0227. The second-order valence-corrected chi connectivity index (χ2v) is 8.76. The number of hydrogen-bond donors (Lipinski definition) is 2. The van der Waals surface area contributed by atoms with Gasteiger partial charge in [0.25, 0.3) is 0 Å². The maximum absolute atomic E-state index is 12.9. The molecule has 9 heteroatoms. The van der Waals surface area contributed by atoms with Crippen molar-refractivity contribution in [3.63, 3.8) is 0 Å². The molecule has 0 spiro atoms. The lowest BCUT2D eigenvalue weighted by Gasteiger charge is -2.33. The summed E-state index contributed by atoms with van der Waals surface area (Å²) in [5.74, 6) is -1.79. The highest BCUT2D eigenvalue weighted by atomic mass is 16.6. The third kappa shape index (κ3) is 6.99. The van der Waals surface area contributed by atoms with Crippen molar-refractivity contribution in [1.82, 2.24) is 9.80 Å². The van der Waals surface area contributed by atoms with Crippen LogP contribution in [0.2, 0.25) is 0 Å². The fourth-order valence-corrected chi connectivity index (χ4v) is 2.64. The standard InChI is InChI=1S/C18H32N2O7/c1-17(2,3)26-10-13(15(23)24)19(7)14(22)12-8-11(21)9-20(12)16(25)27-18(4,5)6/h11-13,21H,8-10H2,1-7H3,(H,23,24)/t11-,12?,13-/m1/s1. The van der Waals surface area contributed by atoms with Crippen molar-refractivity contribution in [2.75, 3.05) is 20.2 Å². The van der Waals surface area contributed by atoms with Crippen LogP contribution in [0.25, 0.3) is 0 Å². The first-order chi connectivity index (χ1) is 12.1. The predicted octanol–water partition coefficient (Wildman–Crippen LogP) is 1.08. The second-order valence-electron chi connectivity index (χ2n) is 8.76. The van der Waals surface area contributed by atoms with E-state index in [9.17, 15) is 24.6 Å². The van der Waals surface area contributed by atoms with Gasteiger partial charge in [-0.05, 0) is 41.5 Å². The monoisotopic (exact) mass is 388 g/mol. The van der Waals surface area contributed by atoms with Gasteiger partial charge in [-0.2, -0.15) is 0 Å². The first kappa shape index (κ1) is 23.2. The molecule has 0 aromatic carbocycles. The van der Waals surface area contributed by atoms with E-state index in [0.29, 0.717) is 0 Å². The van der Waals surface area contributed by atoms with Gasteiger partial charge in [-0.3, -0.25) is 9.69 Å². The van der Waals surface area contributed by atoms with Gasteiger partial charge in [0.1, 0.15) is 11.6 Å². The molecule has 0 aromatic heterocycles. The van der Waals surface area contributed by atoms with Gasteiger partial charge < -0.3 is 24.6 Å². The fourth-order valence-electron chi connectivity index (χ4n) is 2.64. The fraction of sp³-hybridized carbons (Fsp3) is 0.833. The van der Waals surface area contributed by atoms with Gasteiger partial charge >= 0.3 is 12.1 Å². The zero-order valence-electron chi connectivity index (χ0n) is 17.2. The molecule has 0 aliphatic carbocycles. The molecular formula is C18H32N2O7. The summed E-state index contributed by atoms with van der Waals surface area (Å²) in [6.07, 6.45) is -1.58. The van der Waals surface area contributed by atoms with Gasteiger partial charge in [-0.25, -0.2) is 9.59 Å². The lowest BCUT2D eigenvalue weighted by Crippen LogP contribution is -2.54. The Morgan fingerprint density at radius 3 is 2.15 bits per heavy atom. The van der Waals surface area contributed by atoms with Gasteiger partial charge in [0.05, 0.1) is 24.9 Å². The molecule has 1 unspecified atom stereocenters. The van der Waals surface area contributed by atoms with Crippen LogP contribution in [-0.4, -0.2) is 87.6 Å². The summed E-state index contributed by atoms with van der Waals surface area (Å²) in [7, 11) is 1.35. The Labute approximate surface area is 160 Å². The highest BCUT2D eigenvalue weighted by Crippen LogP contribution is 2.23. The number of hydrogen-bond acceptors (Lipinski definition) is 6. The number of likely N-dealkylation sites (tertiary alicyclic amines) is 1. The third-order valence-electron chi connectivity index (χ3n) is 3.97. The van der Waals surface area contributed by atoms with Crippen LogP contribution in [0.3, 0.4) is 0 Å². The molecule has 0 saturated carbocycles. The van der Waals surface area contributed by atoms with E-state index >= 15 is 0 Å². The van der Waals surface area contributed by atoms with Crippen LogP contribution < -0.4 is 0 Å². The maximum Gasteiger partial charge on any atom is 0.411 e. The number of carboxylic acid groups (broad SMARTS) is 1. The van der Waals surface area contributed by atoms with Crippen molar-refractivity contribution < 1.29 is 34.1 Å². The molecule has 156 valence electrons. The molecule has 1 aliphatic heterocycles. The highest BCUT2D eigenvalue weighted by Gasteiger charge is 2.44. The van der Waals surface area contributed by atoms with Crippen molar-refractivity contribution in [3.05, 3.63) is 0 Å². The predicted molar refractivity (Wildman–Crippen MR) is 97.3 cm³/mol. The van der Waals surface area contributed by atoms with Gasteiger partial charge in [0.15, 0.2) is 6.04 Å². The summed E-state index contributed by atoms with van der Waals surface area (Å²) < 4.78 is 10.8. The van der Waals surface area contributed by atoms with E-state index in [2.05, 4.69) is 0 Å². The number of ether oxygens (including phenoxy) is 2. The Hall–Kier alpha value is -1.87. The van der Waals surface area contributed by atoms with Crippen molar-refractivity contribution in [2.45, 2.75) is 77.4 Å². The quantitative estimate of drug-likeness (QED) is 0.724. The maximum atomic E-state index is 12.9. The van der Waals surface area contributed by atoms with E-state index in [0.717, 1.165) is 9.80 Å². The molecule has 1 rings (SSSR count). The molecule has 2 N–H and O–H groups in total. The van der Waals surface area contributed by atoms with E-state index in [1.54, 1.807) is 41.5 Å². The molecule has 0 radical (unpaired) electrons. The summed E-state index contributed by atoms with van der Waals surface area (Å²) in [6, 6.07) is -2.20. The highest BCUT2D eigenvalue weighted by molar-refractivity contribution is 5.89.